The van der Waals surface area contributed by atoms with Crippen molar-refractivity contribution >= 4 is 17.6 Å². The molecule has 0 saturated carbocycles. The number of carbonyl (C=O) groups is 1. The van der Waals surface area contributed by atoms with E-state index in [4.69, 9.17) is 16.3 Å². The molecule has 0 aliphatic rings. The van der Waals surface area contributed by atoms with Gasteiger partial charge in [0, 0.05) is 18.3 Å². The maximum absolute atomic E-state index is 11.7. The standard InChI is InChI=1S/C16H16ClNO2/c1-3-20-16(19)13-10-18-14(11(2)15(13)17)9-12-7-5-4-6-8-12/h4-8,10H,3,9H2,1-2H3. The van der Waals surface area contributed by atoms with Crippen LogP contribution in [0.15, 0.2) is 36.5 Å². The van der Waals surface area contributed by atoms with E-state index >= 15 is 0 Å². The van der Waals surface area contributed by atoms with Gasteiger partial charge in [-0.15, -0.1) is 0 Å². The maximum Gasteiger partial charge on any atom is 0.341 e. The Labute approximate surface area is 123 Å². The molecule has 0 aliphatic carbocycles. The molecule has 0 atom stereocenters. The third-order valence-corrected chi connectivity index (χ3v) is 3.54. The zero-order valence-corrected chi connectivity index (χ0v) is 12.3. The van der Waals surface area contributed by atoms with Crippen molar-refractivity contribution in [2.75, 3.05) is 6.61 Å². The second-order valence-corrected chi connectivity index (χ2v) is 4.82. The van der Waals surface area contributed by atoms with E-state index in [0.717, 1.165) is 16.8 Å². The molecule has 2 rings (SSSR count). The number of benzene rings is 1. The third-order valence-electron chi connectivity index (χ3n) is 3.06. The number of hydrogen-bond donors (Lipinski definition) is 0. The summed E-state index contributed by atoms with van der Waals surface area (Å²) in [4.78, 5) is 16.1. The lowest BCUT2D eigenvalue weighted by molar-refractivity contribution is 0.0526. The van der Waals surface area contributed by atoms with Crippen LogP contribution < -0.4 is 0 Å². The lowest BCUT2D eigenvalue weighted by Crippen LogP contribution is -2.08. The van der Waals surface area contributed by atoms with Crippen LogP contribution in [0.5, 0.6) is 0 Å². The molecule has 0 bridgehead atoms. The van der Waals surface area contributed by atoms with Crippen LogP contribution in [0, 0.1) is 6.92 Å². The fourth-order valence-electron chi connectivity index (χ4n) is 1.94. The van der Waals surface area contributed by atoms with Crippen LogP contribution in [0.25, 0.3) is 0 Å². The topological polar surface area (TPSA) is 39.2 Å². The van der Waals surface area contributed by atoms with Gasteiger partial charge in [0.1, 0.15) is 0 Å². The van der Waals surface area contributed by atoms with Gasteiger partial charge in [0.15, 0.2) is 0 Å². The number of ether oxygens (including phenoxy) is 1. The number of halogens is 1. The van der Waals surface area contributed by atoms with E-state index < -0.39 is 5.97 Å². The summed E-state index contributed by atoms with van der Waals surface area (Å²) < 4.78 is 4.96. The van der Waals surface area contributed by atoms with Crippen LogP contribution in [-0.2, 0) is 11.2 Å². The summed E-state index contributed by atoms with van der Waals surface area (Å²) in [7, 11) is 0. The molecule has 0 fully saturated rings. The minimum absolute atomic E-state index is 0.319. The summed E-state index contributed by atoms with van der Waals surface area (Å²) >= 11 is 6.25. The normalized spacial score (nSPS) is 10.3. The molecule has 1 aromatic heterocycles. The van der Waals surface area contributed by atoms with Crippen molar-refractivity contribution in [1.29, 1.82) is 0 Å². The third kappa shape index (κ3) is 3.17. The summed E-state index contributed by atoms with van der Waals surface area (Å²) in [5.74, 6) is -0.431. The van der Waals surface area contributed by atoms with Crippen molar-refractivity contribution in [3.05, 3.63) is 63.9 Å². The molecule has 0 radical (unpaired) electrons. The smallest absolute Gasteiger partial charge is 0.341 e. The average Bonchev–Trinajstić information content (AvgIpc) is 2.45. The first-order chi connectivity index (χ1) is 9.63. The Kier molecular flexibility index (Phi) is 4.74. The Bertz CT molecular complexity index is 611. The van der Waals surface area contributed by atoms with Crippen LogP contribution >= 0.6 is 11.6 Å². The molecule has 104 valence electrons. The van der Waals surface area contributed by atoms with Crippen LogP contribution in [0.1, 0.15) is 34.1 Å². The van der Waals surface area contributed by atoms with E-state index in [1.807, 2.05) is 37.3 Å². The second kappa shape index (κ2) is 6.53. The molecule has 2 aromatic rings. The number of aromatic nitrogens is 1. The van der Waals surface area contributed by atoms with Crippen LogP contribution in [0.3, 0.4) is 0 Å². The minimum atomic E-state index is -0.431. The molecule has 1 aromatic carbocycles. The quantitative estimate of drug-likeness (QED) is 0.804. The molecule has 0 saturated heterocycles. The lowest BCUT2D eigenvalue weighted by atomic mass is 10.0. The van der Waals surface area contributed by atoms with Crippen molar-refractivity contribution < 1.29 is 9.53 Å². The second-order valence-electron chi connectivity index (χ2n) is 4.44. The van der Waals surface area contributed by atoms with Crippen LogP contribution in [0.4, 0.5) is 0 Å². The van der Waals surface area contributed by atoms with Crippen molar-refractivity contribution in [1.82, 2.24) is 4.98 Å². The van der Waals surface area contributed by atoms with Gasteiger partial charge in [0.25, 0.3) is 0 Å². The Morgan fingerprint density at radius 1 is 1.30 bits per heavy atom. The van der Waals surface area contributed by atoms with Gasteiger partial charge in [-0.05, 0) is 25.0 Å². The molecule has 0 unspecified atom stereocenters. The maximum atomic E-state index is 11.7. The zero-order valence-electron chi connectivity index (χ0n) is 11.5. The monoisotopic (exact) mass is 289 g/mol. The molecule has 0 amide bonds. The fraction of sp³-hybridized carbons (Fsp3) is 0.250. The summed E-state index contributed by atoms with van der Waals surface area (Å²) in [6, 6.07) is 10.0. The Hall–Kier alpha value is -1.87. The summed E-state index contributed by atoms with van der Waals surface area (Å²) in [5.41, 5.74) is 3.17. The summed E-state index contributed by atoms with van der Waals surface area (Å²) in [6.45, 7) is 3.95. The first-order valence-electron chi connectivity index (χ1n) is 6.48. The van der Waals surface area contributed by atoms with Gasteiger partial charge in [0.05, 0.1) is 17.2 Å². The fourth-order valence-corrected chi connectivity index (χ4v) is 2.18. The Morgan fingerprint density at radius 3 is 2.65 bits per heavy atom. The highest BCUT2D eigenvalue weighted by Crippen LogP contribution is 2.24. The molecule has 4 heteroatoms. The molecule has 0 aliphatic heterocycles. The van der Waals surface area contributed by atoms with Crippen LogP contribution in [0.2, 0.25) is 5.02 Å². The van der Waals surface area contributed by atoms with Gasteiger partial charge < -0.3 is 4.74 Å². The van der Waals surface area contributed by atoms with E-state index in [9.17, 15) is 4.79 Å². The highest BCUT2D eigenvalue weighted by Gasteiger charge is 2.16. The number of carbonyl (C=O) groups excluding carboxylic acids is 1. The van der Waals surface area contributed by atoms with Gasteiger partial charge >= 0.3 is 5.97 Å². The largest absolute Gasteiger partial charge is 0.462 e. The molecular weight excluding hydrogens is 274 g/mol. The van der Waals surface area contributed by atoms with E-state index in [-0.39, 0.29) is 0 Å². The highest BCUT2D eigenvalue weighted by molar-refractivity contribution is 6.34. The number of pyridine rings is 1. The van der Waals surface area contributed by atoms with Crippen molar-refractivity contribution in [2.45, 2.75) is 20.3 Å². The highest BCUT2D eigenvalue weighted by atomic mass is 35.5. The van der Waals surface area contributed by atoms with E-state index in [0.29, 0.717) is 23.6 Å². The molecule has 0 N–H and O–H groups in total. The van der Waals surface area contributed by atoms with E-state index in [2.05, 4.69) is 4.98 Å². The van der Waals surface area contributed by atoms with Gasteiger partial charge in [-0.25, -0.2) is 4.79 Å². The molecule has 20 heavy (non-hydrogen) atoms. The van der Waals surface area contributed by atoms with Crippen LogP contribution in [-0.4, -0.2) is 17.6 Å². The van der Waals surface area contributed by atoms with E-state index in [1.165, 1.54) is 6.20 Å². The number of hydrogen-bond acceptors (Lipinski definition) is 3. The predicted molar refractivity (Wildman–Crippen MR) is 79.2 cm³/mol. The number of rotatable bonds is 4. The molecular formula is C16H16ClNO2. The number of nitrogens with zero attached hydrogens (tertiary/aromatic N) is 1. The molecule has 3 nitrogen and oxygen atoms in total. The zero-order chi connectivity index (χ0) is 14.5. The molecule has 1 heterocycles. The van der Waals surface area contributed by atoms with Gasteiger partial charge in [-0.3, -0.25) is 4.98 Å². The van der Waals surface area contributed by atoms with Gasteiger partial charge in [-0.2, -0.15) is 0 Å². The first-order valence-corrected chi connectivity index (χ1v) is 6.86. The predicted octanol–water partition coefficient (Wildman–Crippen LogP) is 3.81. The lowest BCUT2D eigenvalue weighted by Gasteiger charge is -2.10. The first kappa shape index (κ1) is 14.5. The Balaban J connectivity index is 2.29. The average molecular weight is 290 g/mol. The summed E-state index contributed by atoms with van der Waals surface area (Å²) in [6.07, 6.45) is 2.18. The minimum Gasteiger partial charge on any atom is -0.462 e. The van der Waals surface area contributed by atoms with Crippen molar-refractivity contribution in [3.63, 3.8) is 0 Å². The number of esters is 1. The Morgan fingerprint density at radius 2 is 2.00 bits per heavy atom. The summed E-state index contributed by atoms with van der Waals surface area (Å²) in [5, 5.41) is 0.421. The van der Waals surface area contributed by atoms with Gasteiger partial charge in [0.2, 0.25) is 0 Å². The van der Waals surface area contributed by atoms with Gasteiger partial charge in [-0.1, -0.05) is 41.9 Å². The van der Waals surface area contributed by atoms with E-state index in [1.54, 1.807) is 6.92 Å². The molecule has 0 spiro atoms. The van der Waals surface area contributed by atoms with Crippen molar-refractivity contribution in [3.8, 4) is 0 Å². The SMILES string of the molecule is CCOC(=O)c1cnc(Cc2ccccc2)c(C)c1Cl. The van der Waals surface area contributed by atoms with Crippen molar-refractivity contribution in [2.24, 2.45) is 0 Å².